The Kier molecular flexibility index (Phi) is 39.6. The quantitative estimate of drug-likeness (QED) is 0.00961. The van der Waals surface area contributed by atoms with Gasteiger partial charge in [0.1, 0.15) is 40.8 Å². The number of nitrogens with zero attached hydrogens (tertiary/aromatic N) is 5. The molecular formula is C95H123N13O18. The molecule has 676 valence electrons. The molecule has 1 unspecified atom stereocenters. The summed E-state index contributed by atoms with van der Waals surface area (Å²) in [6.45, 7) is 14.6. The highest BCUT2D eigenvalue weighted by molar-refractivity contribution is 5.99. The Hall–Kier alpha value is -12.5. The van der Waals surface area contributed by atoms with Crippen molar-refractivity contribution < 1.29 is 86.8 Å². The van der Waals surface area contributed by atoms with Gasteiger partial charge >= 0.3 is 11.9 Å². The number of amides is 8. The summed E-state index contributed by atoms with van der Waals surface area (Å²) < 4.78 is 11.9. The number of carbonyl (C=O) groups excluding carboxylic acids is 12. The molecule has 9 rings (SSSR count). The normalized spacial score (nSPS) is 13.7. The number of carboxylic acid groups (broad SMARTS) is 2. The molecule has 2 aliphatic rings. The number of aliphatic carboxylic acids is 2. The molecule has 8 amide bonds. The Labute approximate surface area is 736 Å². The van der Waals surface area contributed by atoms with Crippen LogP contribution in [0.25, 0.3) is 11.0 Å². The van der Waals surface area contributed by atoms with Gasteiger partial charge in [-0.25, -0.2) is 9.97 Å². The summed E-state index contributed by atoms with van der Waals surface area (Å²) in [7, 11) is 1.69. The molecule has 126 heavy (non-hydrogen) atoms. The number of nitrogens with one attached hydrogen (secondary N) is 8. The molecule has 0 radical (unpaired) electrons. The number of para-hydroxylation sites is 2. The van der Waals surface area contributed by atoms with Gasteiger partial charge in [0.15, 0.2) is 5.78 Å². The summed E-state index contributed by atoms with van der Waals surface area (Å²) in [4.78, 5) is 191. The Morgan fingerprint density at radius 3 is 1.79 bits per heavy atom. The lowest BCUT2D eigenvalue weighted by Crippen LogP contribution is -2.52. The molecule has 2 aliphatic heterocycles. The van der Waals surface area contributed by atoms with E-state index >= 15 is 0 Å². The van der Waals surface area contributed by atoms with Crippen molar-refractivity contribution in [3.63, 3.8) is 0 Å². The van der Waals surface area contributed by atoms with E-state index in [2.05, 4.69) is 52.2 Å². The van der Waals surface area contributed by atoms with Gasteiger partial charge in [-0.3, -0.25) is 62.3 Å². The van der Waals surface area contributed by atoms with Crippen LogP contribution < -0.4 is 42.0 Å². The van der Waals surface area contributed by atoms with E-state index < -0.39 is 47.3 Å². The van der Waals surface area contributed by atoms with Gasteiger partial charge in [0.2, 0.25) is 41.4 Å². The molecular weight excluding hydrogens is 1610 g/mol. The van der Waals surface area contributed by atoms with Crippen LogP contribution in [0, 0.1) is 5.92 Å². The summed E-state index contributed by atoms with van der Waals surface area (Å²) in [5, 5.41) is 40.0. The molecule has 10 N–H and O–H groups in total. The number of anilines is 4. The number of rotatable bonds is 52. The number of hydrogen-bond donors (Lipinski definition) is 10. The minimum Gasteiger partial charge on any atom is -0.494 e. The second-order valence-corrected chi connectivity index (χ2v) is 33.4. The van der Waals surface area contributed by atoms with Gasteiger partial charge in [-0.15, -0.1) is 0 Å². The van der Waals surface area contributed by atoms with Gasteiger partial charge in [-0.1, -0.05) is 42.8 Å². The number of benzene rings is 5. The Morgan fingerprint density at radius 2 is 1.13 bits per heavy atom. The standard InChI is InChI=1S/C49H62N8O9.C46H61N5O9/c1-32(58)27-37(59)22-18-33-16-20-36(21-17-33)52-45(62)15-10-14-44(61)50-25-9-5-6-13-43(60)51-26-24-49(2,3)57-30-35-28-34(19-23-38(35)53-41(48(57)66)29-46(63)64)47(65)56(4)31-42-54-39-11-7-8-12-40(39)55-42;1-33(52)11-6-12-40(53)34-16-19-38(20-17-34)50-43(55)15-7-14-42(54)49-25-9-27-59-26-8-22-46(2,3)51-32-37-30-39(60-28-10-24-48-41-13-4-5-23-47-41)21-18-35(37)29-36(45(51)58)31-44(56)57/h7-8,11-12,16-17,19-21,23,28,41,53H,5-6,9-10,13-15,18,22,24-27,29-31H2,1-4H3,(H,50,61)(H,51,60)(H,52,62)(H,54,55)(H,63,64);4-5,13,16-21,23,30,36H,6-12,14-15,22,24-29,31-32H2,1-3H3,(H,47,48)(H,49,54)(H,50,55)(H,56,57)/t41-;/m0./s1. The van der Waals surface area contributed by atoms with Gasteiger partial charge < -0.3 is 81.4 Å². The number of ketones is 4. The van der Waals surface area contributed by atoms with E-state index in [9.17, 15) is 77.3 Å². The first-order chi connectivity index (χ1) is 60.3. The molecule has 2 aromatic heterocycles. The summed E-state index contributed by atoms with van der Waals surface area (Å²) >= 11 is 0. The fourth-order valence-electron chi connectivity index (χ4n) is 14.8. The average molecular weight is 1740 g/mol. The van der Waals surface area contributed by atoms with Crippen molar-refractivity contribution >= 4 is 116 Å². The molecule has 0 spiro atoms. The van der Waals surface area contributed by atoms with Crippen LogP contribution in [0.1, 0.15) is 232 Å². The number of aryl methyl sites for hydroxylation is 1. The van der Waals surface area contributed by atoms with E-state index in [0.29, 0.717) is 175 Å². The molecule has 0 saturated carbocycles. The second-order valence-electron chi connectivity index (χ2n) is 33.4. The van der Waals surface area contributed by atoms with Crippen molar-refractivity contribution in [3.05, 3.63) is 173 Å². The van der Waals surface area contributed by atoms with Crippen molar-refractivity contribution in [1.29, 1.82) is 0 Å². The van der Waals surface area contributed by atoms with E-state index in [0.717, 1.165) is 46.4 Å². The van der Waals surface area contributed by atoms with Gasteiger partial charge in [0.25, 0.3) is 5.91 Å². The number of carbonyl (C=O) groups is 14. The van der Waals surface area contributed by atoms with Gasteiger partial charge in [0.05, 0.1) is 49.4 Å². The van der Waals surface area contributed by atoms with E-state index in [4.69, 9.17) is 9.47 Å². The van der Waals surface area contributed by atoms with Crippen LogP contribution in [0.2, 0.25) is 0 Å². The highest BCUT2D eigenvalue weighted by Gasteiger charge is 2.41. The van der Waals surface area contributed by atoms with Crippen LogP contribution >= 0.6 is 0 Å². The molecule has 31 nitrogen and oxygen atoms in total. The van der Waals surface area contributed by atoms with Crippen LogP contribution in [-0.4, -0.2) is 192 Å². The first-order valence-electron chi connectivity index (χ1n) is 43.5. The molecule has 0 bridgehead atoms. The van der Waals surface area contributed by atoms with Crippen molar-refractivity contribution in [2.75, 3.05) is 74.3 Å². The van der Waals surface area contributed by atoms with Crippen molar-refractivity contribution in [2.45, 2.75) is 232 Å². The molecule has 0 aliphatic carbocycles. The summed E-state index contributed by atoms with van der Waals surface area (Å²) in [6.07, 6.45) is 10.3. The fourth-order valence-corrected chi connectivity index (χ4v) is 14.8. The lowest BCUT2D eigenvalue weighted by molar-refractivity contribution is -0.148. The number of aromatic nitrogens is 3. The zero-order chi connectivity index (χ0) is 91.1. The maximum Gasteiger partial charge on any atom is 0.305 e. The predicted octanol–water partition coefficient (Wildman–Crippen LogP) is 12.5. The predicted molar refractivity (Wildman–Crippen MR) is 478 cm³/mol. The van der Waals surface area contributed by atoms with Crippen molar-refractivity contribution in [3.8, 4) is 5.75 Å². The fraction of sp³-hybridized carbons (Fsp3) is 0.474. The minimum atomic E-state index is -1.13. The third-order valence-electron chi connectivity index (χ3n) is 21.9. The zero-order valence-corrected chi connectivity index (χ0v) is 73.6. The van der Waals surface area contributed by atoms with Crippen LogP contribution in [0.15, 0.2) is 134 Å². The highest BCUT2D eigenvalue weighted by Crippen LogP contribution is 2.36. The van der Waals surface area contributed by atoms with E-state index in [1.807, 2.05) is 105 Å². The second kappa shape index (κ2) is 50.4. The van der Waals surface area contributed by atoms with E-state index in [1.54, 1.807) is 77.6 Å². The number of pyridine rings is 1. The zero-order valence-electron chi connectivity index (χ0n) is 73.6. The Bertz CT molecular complexity index is 4840. The Balaban J connectivity index is 0.000000313. The van der Waals surface area contributed by atoms with E-state index in [1.165, 1.54) is 13.8 Å². The molecule has 7 aromatic rings. The number of carboxylic acids is 2. The van der Waals surface area contributed by atoms with Crippen LogP contribution in [0.4, 0.5) is 22.9 Å². The summed E-state index contributed by atoms with van der Waals surface area (Å²) in [5.41, 5.74) is 6.47. The van der Waals surface area contributed by atoms with Gasteiger partial charge in [-0.05, 0) is 232 Å². The maximum atomic E-state index is 13.9. The highest BCUT2D eigenvalue weighted by atomic mass is 16.5. The van der Waals surface area contributed by atoms with Crippen LogP contribution in [0.3, 0.4) is 0 Å². The summed E-state index contributed by atoms with van der Waals surface area (Å²) in [5.74, 6) is -2.58. The average Bonchev–Trinajstić information content (AvgIpc) is 1.65. The largest absolute Gasteiger partial charge is 0.494 e. The molecule has 4 heterocycles. The van der Waals surface area contributed by atoms with Crippen molar-refractivity contribution in [2.24, 2.45) is 5.92 Å². The third kappa shape index (κ3) is 34.2. The van der Waals surface area contributed by atoms with Crippen molar-refractivity contribution in [1.82, 2.24) is 45.6 Å². The molecule has 0 saturated heterocycles. The third-order valence-corrected chi connectivity index (χ3v) is 21.9. The number of aromatic amines is 1. The summed E-state index contributed by atoms with van der Waals surface area (Å²) in [6, 6.07) is 37.0. The number of imidazole rings is 1. The molecule has 5 aromatic carbocycles. The lowest BCUT2D eigenvalue weighted by atomic mass is 9.92. The van der Waals surface area contributed by atoms with Gasteiger partial charge in [-0.2, -0.15) is 0 Å². The SMILES string of the molecule is CC(=O)CC(=O)CCc1ccc(NC(=O)CCCC(=O)NCCCCCC(=O)NCCC(C)(C)N2Cc3cc(C(=O)N(C)Cc4nc5ccccc5[nH]4)ccc3N[C@@H](CC(=O)O)C2=O)cc1.CC(=O)CCCC(=O)c1ccc(NC(=O)CCCC(=O)NCCCOCCCC(C)(C)N2Cc3cc(OCCCNc4ccccn4)ccc3CC(CC(=O)O)C2=O)cc1. The van der Waals surface area contributed by atoms with E-state index in [-0.39, 0.29) is 135 Å². The smallest absolute Gasteiger partial charge is 0.305 e. The Morgan fingerprint density at radius 1 is 0.540 bits per heavy atom. The number of unbranched alkanes of at least 4 members (excludes halogenated alkanes) is 2. The first-order valence-corrected chi connectivity index (χ1v) is 43.5. The first kappa shape index (κ1) is 98.9. The lowest BCUT2D eigenvalue weighted by Gasteiger charge is -2.39. The molecule has 0 fully saturated rings. The molecule has 2 atom stereocenters. The van der Waals surface area contributed by atoms with Crippen LogP contribution in [0.5, 0.6) is 5.75 Å². The monoisotopic (exact) mass is 1730 g/mol. The topological polar surface area (TPSA) is 433 Å². The minimum absolute atomic E-state index is 0.0464. The number of Topliss-reactive ketones (excluding diaryl/α,β-unsaturated/α-hetero) is 4. The number of H-pyrrole nitrogens is 1. The van der Waals surface area contributed by atoms with Gasteiger partial charge in [0, 0.05) is 156 Å². The molecule has 31 heteroatoms. The number of ether oxygens (including phenoxy) is 2. The number of fused-ring (bicyclic) bond motifs is 3. The van der Waals surface area contributed by atoms with Crippen LogP contribution in [-0.2, 0) is 94.7 Å². The maximum absolute atomic E-state index is 13.9. The number of hydrogen-bond acceptors (Lipinski definition) is 20.